The van der Waals surface area contributed by atoms with Crippen molar-refractivity contribution in [1.82, 2.24) is 24.4 Å². The van der Waals surface area contributed by atoms with Crippen LogP contribution in [0.1, 0.15) is 32.9 Å². The van der Waals surface area contributed by atoms with Gasteiger partial charge in [0.2, 0.25) is 0 Å². The van der Waals surface area contributed by atoms with Gasteiger partial charge in [0.05, 0.1) is 11.9 Å². The Bertz CT molecular complexity index is 1080. The van der Waals surface area contributed by atoms with Gasteiger partial charge in [-0.05, 0) is 31.0 Å². The minimum absolute atomic E-state index is 0.0732. The van der Waals surface area contributed by atoms with Gasteiger partial charge in [0.15, 0.2) is 5.13 Å². The van der Waals surface area contributed by atoms with Crippen molar-refractivity contribution >= 4 is 17.2 Å². The summed E-state index contributed by atoms with van der Waals surface area (Å²) in [4.78, 5) is 21.2. The fourth-order valence-corrected chi connectivity index (χ4v) is 4.07. The second-order valence-electron chi connectivity index (χ2n) is 6.67. The normalized spacial score (nSPS) is 10.9. The smallest absolute Gasteiger partial charge is 0.253 e. The first-order valence-corrected chi connectivity index (χ1v) is 9.90. The summed E-state index contributed by atoms with van der Waals surface area (Å²) in [6.45, 7) is 5.19. The quantitative estimate of drug-likeness (QED) is 0.545. The Morgan fingerprint density at radius 1 is 1.18 bits per heavy atom. The lowest BCUT2D eigenvalue weighted by Crippen LogP contribution is -2.23. The summed E-state index contributed by atoms with van der Waals surface area (Å²) < 4.78 is 4.04. The molecule has 142 valence electrons. The highest BCUT2D eigenvalue weighted by molar-refractivity contribution is 7.12. The number of nitrogens with one attached hydrogen (secondary N) is 1. The van der Waals surface area contributed by atoms with Crippen molar-refractivity contribution in [3.8, 4) is 5.13 Å². The van der Waals surface area contributed by atoms with E-state index in [1.54, 1.807) is 30.1 Å². The Kier molecular flexibility index (Phi) is 5.08. The van der Waals surface area contributed by atoms with Crippen LogP contribution in [0.25, 0.3) is 5.13 Å². The predicted molar refractivity (Wildman–Crippen MR) is 110 cm³/mol. The van der Waals surface area contributed by atoms with E-state index >= 15 is 0 Å². The third-order valence-corrected chi connectivity index (χ3v) is 5.41. The van der Waals surface area contributed by atoms with E-state index in [4.69, 9.17) is 0 Å². The summed E-state index contributed by atoms with van der Waals surface area (Å²) >= 11 is 1.56. The monoisotopic (exact) mass is 391 g/mol. The van der Waals surface area contributed by atoms with Gasteiger partial charge in [-0.1, -0.05) is 24.3 Å². The maximum atomic E-state index is 12.8. The summed E-state index contributed by atoms with van der Waals surface area (Å²) in [5, 5.41) is 5.85. The van der Waals surface area contributed by atoms with Crippen LogP contribution >= 0.6 is 11.3 Å². The molecular weight excluding hydrogens is 370 g/mol. The molecule has 0 spiro atoms. The number of amides is 1. The lowest BCUT2D eigenvalue weighted by molar-refractivity contribution is 0.0950. The Balaban J connectivity index is 1.46. The minimum Gasteiger partial charge on any atom is -0.348 e. The first-order chi connectivity index (χ1) is 13.6. The van der Waals surface area contributed by atoms with Gasteiger partial charge < -0.3 is 9.88 Å². The Hall–Kier alpha value is -3.19. The maximum absolute atomic E-state index is 12.8. The van der Waals surface area contributed by atoms with Crippen molar-refractivity contribution in [3.05, 3.63) is 88.7 Å². The van der Waals surface area contributed by atoms with Crippen LogP contribution in [0.4, 0.5) is 0 Å². The van der Waals surface area contributed by atoms with Crippen LogP contribution in [0, 0.1) is 13.8 Å². The fraction of sp³-hybridized carbons (Fsp3) is 0.190. The SMILES string of the molecule is Cc1cc(C(=O)NCc2cccc(Cn3ccnc3)c2)c(C)n1-c1nccs1. The largest absolute Gasteiger partial charge is 0.348 e. The van der Waals surface area contributed by atoms with E-state index in [1.807, 2.05) is 52.8 Å². The number of hydrogen-bond acceptors (Lipinski definition) is 4. The summed E-state index contributed by atoms with van der Waals surface area (Å²) in [6.07, 6.45) is 7.28. The number of hydrogen-bond donors (Lipinski definition) is 1. The summed E-state index contributed by atoms with van der Waals surface area (Å²) in [5.74, 6) is -0.0732. The van der Waals surface area contributed by atoms with Crippen LogP contribution in [0.3, 0.4) is 0 Å². The molecule has 3 aromatic heterocycles. The van der Waals surface area contributed by atoms with Crippen LogP contribution in [0.5, 0.6) is 0 Å². The third-order valence-electron chi connectivity index (χ3n) is 4.66. The molecule has 0 aliphatic heterocycles. The van der Waals surface area contributed by atoms with E-state index in [9.17, 15) is 4.79 Å². The zero-order chi connectivity index (χ0) is 19.5. The minimum atomic E-state index is -0.0732. The average Bonchev–Trinajstić information content (AvgIpc) is 3.43. The van der Waals surface area contributed by atoms with Gasteiger partial charge in [-0.3, -0.25) is 9.36 Å². The molecule has 7 heteroatoms. The molecule has 0 radical (unpaired) electrons. The highest BCUT2D eigenvalue weighted by atomic mass is 32.1. The number of thiazole rings is 1. The molecule has 28 heavy (non-hydrogen) atoms. The molecule has 1 amide bonds. The van der Waals surface area contributed by atoms with Crippen molar-refractivity contribution in [2.24, 2.45) is 0 Å². The lowest BCUT2D eigenvalue weighted by atomic mass is 10.1. The lowest BCUT2D eigenvalue weighted by Gasteiger charge is -2.09. The second-order valence-corrected chi connectivity index (χ2v) is 7.55. The van der Waals surface area contributed by atoms with Crippen LogP contribution < -0.4 is 5.32 Å². The Morgan fingerprint density at radius 2 is 2.04 bits per heavy atom. The molecule has 0 saturated carbocycles. The molecular formula is C21H21N5OS. The molecule has 0 saturated heterocycles. The van der Waals surface area contributed by atoms with Gasteiger partial charge in [0, 0.05) is 48.4 Å². The molecule has 1 aromatic carbocycles. The zero-order valence-electron chi connectivity index (χ0n) is 15.8. The number of carbonyl (C=O) groups excluding carboxylic acids is 1. The zero-order valence-corrected chi connectivity index (χ0v) is 16.6. The molecule has 0 bridgehead atoms. The van der Waals surface area contributed by atoms with Crippen LogP contribution in [0.2, 0.25) is 0 Å². The van der Waals surface area contributed by atoms with Gasteiger partial charge in [-0.2, -0.15) is 0 Å². The molecule has 1 N–H and O–H groups in total. The number of benzene rings is 1. The van der Waals surface area contributed by atoms with Gasteiger partial charge >= 0.3 is 0 Å². The first kappa shape index (κ1) is 18.2. The van der Waals surface area contributed by atoms with Crippen LogP contribution in [0.15, 0.2) is 60.6 Å². The van der Waals surface area contributed by atoms with Gasteiger partial charge in [-0.25, -0.2) is 9.97 Å². The molecule has 0 aliphatic rings. The summed E-state index contributed by atoms with van der Waals surface area (Å²) in [7, 11) is 0. The van der Waals surface area contributed by atoms with Crippen LogP contribution in [-0.4, -0.2) is 25.0 Å². The highest BCUT2D eigenvalue weighted by Gasteiger charge is 2.17. The Morgan fingerprint density at radius 3 is 2.79 bits per heavy atom. The number of rotatable bonds is 6. The predicted octanol–water partition coefficient (Wildman–Crippen LogP) is 3.73. The van der Waals surface area contributed by atoms with Crippen molar-refractivity contribution in [1.29, 1.82) is 0 Å². The third kappa shape index (κ3) is 3.75. The number of aryl methyl sites for hydroxylation is 1. The van der Waals surface area contributed by atoms with Gasteiger partial charge in [0.1, 0.15) is 0 Å². The number of nitrogens with zero attached hydrogens (tertiary/aromatic N) is 4. The van der Waals surface area contributed by atoms with E-state index in [1.165, 1.54) is 5.56 Å². The fourth-order valence-electron chi connectivity index (χ4n) is 3.32. The van der Waals surface area contributed by atoms with E-state index < -0.39 is 0 Å². The van der Waals surface area contributed by atoms with E-state index in [0.717, 1.165) is 28.6 Å². The molecule has 0 unspecified atom stereocenters. The van der Waals surface area contributed by atoms with Crippen molar-refractivity contribution in [2.75, 3.05) is 0 Å². The molecule has 4 aromatic rings. The van der Waals surface area contributed by atoms with Crippen LogP contribution in [-0.2, 0) is 13.1 Å². The first-order valence-electron chi connectivity index (χ1n) is 9.02. The number of aromatic nitrogens is 4. The van der Waals surface area contributed by atoms with E-state index in [0.29, 0.717) is 12.1 Å². The standard InChI is InChI=1S/C21H21N5OS/c1-15-10-19(16(2)26(15)21-23-7-9-28-21)20(27)24-12-17-4-3-5-18(11-17)13-25-8-6-22-14-25/h3-11,14H,12-13H2,1-2H3,(H,24,27). The highest BCUT2D eigenvalue weighted by Crippen LogP contribution is 2.22. The molecule has 6 nitrogen and oxygen atoms in total. The van der Waals surface area contributed by atoms with E-state index in [2.05, 4.69) is 27.4 Å². The van der Waals surface area contributed by atoms with Crippen molar-refractivity contribution < 1.29 is 4.79 Å². The van der Waals surface area contributed by atoms with Crippen molar-refractivity contribution in [2.45, 2.75) is 26.9 Å². The average molecular weight is 392 g/mol. The number of imidazole rings is 1. The number of carbonyl (C=O) groups is 1. The molecule has 3 heterocycles. The summed E-state index contributed by atoms with van der Waals surface area (Å²) in [6, 6.07) is 10.1. The molecule has 0 fully saturated rings. The van der Waals surface area contributed by atoms with Gasteiger partial charge in [0.25, 0.3) is 5.91 Å². The molecule has 0 atom stereocenters. The maximum Gasteiger partial charge on any atom is 0.253 e. The topological polar surface area (TPSA) is 64.7 Å². The second kappa shape index (κ2) is 7.82. The van der Waals surface area contributed by atoms with Gasteiger partial charge in [-0.15, -0.1) is 11.3 Å². The van der Waals surface area contributed by atoms with Crippen molar-refractivity contribution in [3.63, 3.8) is 0 Å². The summed E-state index contributed by atoms with van der Waals surface area (Å²) in [5.41, 5.74) is 4.83. The molecule has 4 rings (SSSR count). The molecule has 0 aliphatic carbocycles. The Labute approximate surface area is 167 Å². The van der Waals surface area contributed by atoms with E-state index in [-0.39, 0.29) is 5.91 Å².